The van der Waals surface area contributed by atoms with E-state index < -0.39 is 42.8 Å². The summed E-state index contributed by atoms with van der Waals surface area (Å²) in [5, 5.41) is 116. The fourth-order valence-electron chi connectivity index (χ4n) is 7.26. The molecule has 46 heteroatoms. The summed E-state index contributed by atoms with van der Waals surface area (Å²) < 4.78 is 112. The number of nitriles is 1. The monoisotopic (exact) mass is 1860 g/mol. The molecule has 1 aliphatic heterocycles. The number of aliphatic hydroxyl groups is 11. The molecule has 0 saturated carbocycles. The number of aliphatic carboxylic acids is 2. The maximum absolute atomic E-state index is 11.9. The average Bonchev–Trinajstić information content (AvgIpc) is 1.64. The summed E-state index contributed by atoms with van der Waals surface area (Å²) in [5.74, 6) is -3.70. The van der Waals surface area contributed by atoms with Gasteiger partial charge in [-0.2, -0.15) is 13.7 Å². The van der Waals surface area contributed by atoms with Gasteiger partial charge in [-0.15, -0.1) is 0 Å². The summed E-state index contributed by atoms with van der Waals surface area (Å²) in [6.07, 6.45) is 2.68. The number of aliphatic hydroxyl groups excluding tert-OH is 11. The second-order valence-corrected chi connectivity index (χ2v) is 26.8. The molecule has 2 amide bonds. The van der Waals surface area contributed by atoms with Gasteiger partial charge in [0.1, 0.15) is 39.3 Å². The van der Waals surface area contributed by atoms with E-state index in [1.807, 2.05) is 33.8 Å². The number of carboxylic acid groups (broad SMARTS) is 2. The van der Waals surface area contributed by atoms with Crippen molar-refractivity contribution in [3.8, 4) is 6.07 Å². The van der Waals surface area contributed by atoms with Crippen molar-refractivity contribution >= 4 is 82.8 Å². The highest BCUT2D eigenvalue weighted by molar-refractivity contribution is 9.09. The first-order valence-corrected chi connectivity index (χ1v) is 42.6. The second-order valence-electron chi connectivity index (χ2n) is 21.7. The molecule has 0 aliphatic carbocycles. The lowest BCUT2D eigenvalue weighted by molar-refractivity contribution is -0.146. The molecule has 0 radical (unpaired) electrons. The van der Waals surface area contributed by atoms with Gasteiger partial charge in [-0.25, -0.2) is 9.59 Å². The van der Waals surface area contributed by atoms with Crippen LogP contribution in [0.25, 0.3) is 0 Å². The minimum absolute atomic E-state index is 0.0184. The maximum Gasteiger partial charge on any atom is 0.501 e. The lowest BCUT2D eigenvalue weighted by Crippen LogP contribution is -2.46. The molecule has 13 N–H and O–H groups in total. The third-order valence-corrected chi connectivity index (χ3v) is 16.9. The number of nitrogens with zero attached hydrogens (tertiary/aromatic N) is 2. The smallest absolute Gasteiger partial charge is 0.481 e. The van der Waals surface area contributed by atoms with E-state index in [0.29, 0.717) is 103 Å². The Labute approximate surface area is 717 Å². The number of ether oxygens (including phenoxy) is 14. The van der Waals surface area contributed by atoms with Gasteiger partial charge < -0.3 is 151 Å². The van der Waals surface area contributed by atoms with E-state index in [-0.39, 0.29) is 247 Å². The van der Waals surface area contributed by atoms with Crippen molar-refractivity contribution in [2.45, 2.75) is 70.7 Å². The number of carboxylic acids is 2. The molecule has 43 nitrogen and oxygen atoms in total. The Balaban J connectivity index is -0.000000244. The Morgan fingerprint density at radius 1 is 0.471 bits per heavy atom. The Morgan fingerprint density at radius 2 is 0.835 bits per heavy atom. The van der Waals surface area contributed by atoms with Crippen LogP contribution >= 0.6 is 15.9 Å². The summed E-state index contributed by atoms with van der Waals surface area (Å²) >= 11 is 3.17. The Kier molecular flexibility index (Phi) is 108. The molecule has 1 aliphatic rings. The highest BCUT2D eigenvalue weighted by Gasteiger charge is 2.41. The summed E-state index contributed by atoms with van der Waals surface area (Å²) in [7, 11) is -6.49. The number of imide groups is 1. The van der Waals surface area contributed by atoms with E-state index in [1.165, 1.54) is 17.0 Å². The van der Waals surface area contributed by atoms with Crippen molar-refractivity contribution in [2.75, 3.05) is 276 Å². The van der Waals surface area contributed by atoms with Gasteiger partial charge >= 0.3 is 38.7 Å². The molecule has 3 rings (SSSR count). The van der Waals surface area contributed by atoms with E-state index in [1.54, 1.807) is 36.4 Å². The molecule has 2 aromatic rings. The van der Waals surface area contributed by atoms with Crippen molar-refractivity contribution in [1.82, 2.24) is 4.90 Å². The van der Waals surface area contributed by atoms with Crippen LogP contribution in [0, 0.1) is 18.3 Å². The van der Waals surface area contributed by atoms with Gasteiger partial charge in [0.15, 0.2) is 0 Å². The van der Waals surface area contributed by atoms with E-state index >= 15 is 0 Å². The van der Waals surface area contributed by atoms with Gasteiger partial charge in [0, 0.05) is 56.5 Å². The minimum Gasteiger partial charge on any atom is -0.481 e. The number of hydrogen-bond donors (Lipinski definition) is 13. The van der Waals surface area contributed by atoms with Crippen LogP contribution in [0.5, 0.6) is 0 Å². The summed E-state index contributed by atoms with van der Waals surface area (Å²) in [6, 6.07) is 15.5. The van der Waals surface area contributed by atoms with Crippen molar-refractivity contribution in [1.29, 1.82) is 5.26 Å². The van der Waals surface area contributed by atoms with Crippen molar-refractivity contribution in [3.63, 3.8) is 0 Å². The quantitative estimate of drug-likeness (QED) is 0.00438. The number of fused-ring (bicyclic) bond motifs is 1. The number of aldehydes is 1. The summed E-state index contributed by atoms with van der Waals surface area (Å²) in [5.41, 5.74) is 1.87. The lowest BCUT2D eigenvalue weighted by Gasteiger charge is -2.28. The molecule has 121 heavy (non-hydrogen) atoms. The zero-order valence-electron chi connectivity index (χ0n) is 69.8. The second kappa shape index (κ2) is 102. The van der Waals surface area contributed by atoms with Crippen LogP contribution in [-0.4, -0.2) is 413 Å². The van der Waals surface area contributed by atoms with Gasteiger partial charge in [-0.05, 0) is 58.4 Å². The predicted octanol–water partition coefficient (Wildman–Crippen LogP) is -0.927. The molecule has 0 atom stereocenters. The number of esters is 3. The number of halogens is 1. The van der Waals surface area contributed by atoms with E-state index in [2.05, 4.69) is 41.5 Å². The first-order chi connectivity index (χ1) is 58.3. The van der Waals surface area contributed by atoms with Gasteiger partial charge in [0.05, 0.1) is 246 Å². The first kappa shape index (κ1) is 128. The van der Waals surface area contributed by atoms with E-state index in [0.717, 1.165) is 17.0 Å². The van der Waals surface area contributed by atoms with Crippen molar-refractivity contribution in [2.24, 2.45) is 0 Å². The van der Waals surface area contributed by atoms with Gasteiger partial charge in [-0.3, -0.25) is 33.1 Å². The van der Waals surface area contributed by atoms with Crippen LogP contribution in [0.3, 0.4) is 0 Å². The highest BCUT2D eigenvalue weighted by atomic mass is 79.9. The number of alkyl halides is 1. The number of benzene rings is 2. The third kappa shape index (κ3) is 94.0. The first-order valence-electron chi connectivity index (χ1n) is 38.1. The summed E-state index contributed by atoms with van der Waals surface area (Å²) in [6.45, 7) is 18.4. The molecule has 0 unspecified atom stereocenters. The normalized spacial score (nSPS) is 10.8. The Bertz CT molecular complexity index is 2790. The number of carbonyl (C=O) groups excluding carboxylic acids is 6. The van der Waals surface area contributed by atoms with Crippen LogP contribution in [0.2, 0.25) is 6.04 Å². The molecule has 1 heterocycles. The molecule has 0 aromatic heterocycles. The van der Waals surface area contributed by atoms with Gasteiger partial charge in [0.25, 0.3) is 21.9 Å². The van der Waals surface area contributed by atoms with Crippen molar-refractivity contribution < 1.29 is 197 Å². The maximum atomic E-state index is 11.9. The zero-order valence-corrected chi connectivity index (χ0v) is 73.2. The average molecular weight is 1860 g/mol. The SMILES string of the molecule is C=CC(=O)OCCOCCO.CCO[Si](CCC(=O)OCCOCCO)(OCC)OCC.Cc1ccc(S(=O)(=O)OCCOCCO)cc1.N#CCCOCCO.O=C(O)CCCC(=O)OCCOCCO.O=C(O)COCCOCCO.O=C1c2ccccc2C(=O)N1CCOCCO.O=CCOCCO.OCCOCCBr.OCCOCCO. The van der Waals surface area contributed by atoms with Crippen LogP contribution in [0.1, 0.15) is 79.2 Å². The molecule has 2 aromatic carbocycles. The van der Waals surface area contributed by atoms with Gasteiger partial charge in [0.2, 0.25) is 0 Å². The molecule has 0 saturated heterocycles. The number of hydrogen-bond acceptors (Lipinski definition) is 40. The molecule has 0 fully saturated rings. The number of aryl methyl sites for hydroxylation is 1. The Hall–Kier alpha value is -6.56. The number of amides is 2. The highest BCUT2D eigenvalue weighted by Crippen LogP contribution is 2.22. The van der Waals surface area contributed by atoms with Gasteiger partial charge in [-0.1, -0.05) is 52.3 Å². The Morgan fingerprint density at radius 3 is 1.21 bits per heavy atom. The third-order valence-electron chi connectivity index (χ3n) is 12.2. The lowest BCUT2D eigenvalue weighted by atomic mass is 10.1. The molecule has 0 bridgehead atoms. The number of rotatable bonds is 64. The summed E-state index contributed by atoms with van der Waals surface area (Å²) in [4.78, 5) is 87.5. The van der Waals surface area contributed by atoms with Crippen LogP contribution in [-0.2, 0) is 123 Å². The fourth-order valence-corrected chi connectivity index (χ4v) is 10.9. The van der Waals surface area contributed by atoms with Crippen LogP contribution < -0.4 is 0 Å². The van der Waals surface area contributed by atoms with Crippen LogP contribution in [0.15, 0.2) is 66.1 Å². The van der Waals surface area contributed by atoms with E-state index in [9.17, 15) is 46.8 Å². The molecular weight excluding hydrogens is 1720 g/mol. The molecule has 706 valence electrons. The molecule has 0 spiro atoms. The number of carbonyl (C=O) groups is 8. The zero-order chi connectivity index (χ0) is 92.4. The largest absolute Gasteiger partial charge is 0.501 e. The minimum atomic E-state index is -3.71. The van der Waals surface area contributed by atoms with E-state index in [4.69, 9.17) is 136 Å². The van der Waals surface area contributed by atoms with Crippen LogP contribution in [0.4, 0.5) is 0 Å². The fraction of sp³-hybridized carbons (Fsp3) is 0.693. The van der Waals surface area contributed by atoms with Crippen molar-refractivity contribution in [3.05, 3.63) is 77.9 Å². The standard InChI is InChI=1S/C13H28O7Si.C12H13NO4.C11H16O5S.C9H16O6.C7H12O4.C6H12O5.C5H9NO2.C4H9BrO2.C4H10O3.C4H8O3/c1-4-18-21(19-5-2,20-6-3)12-7-13(15)17-11-10-16-9-8-14;14-6-8-17-7-5-13-11(15)9-3-1-2-4-10(9)12(13)16;1-10-2-4-11(5-3-10)17(13,14)16-9-8-15-7-6-12;10-4-5-14-6-7-15-9(13)3-1-2-8(11)12;1-2-7(9)11-6-5-10-4-3-8;7-1-2-10-3-4-11-5-6(8)9;6-2-1-4-8-5-3-7;3*5-1-3-7-4-2-6/h14H,4-12H2,1-3H3;1-4,14H,5-8H2;2-5,12H,6-9H2,1H3;10H,1-7H2,(H,11,12);2,8H,1,3-6H2;7H,1-5H2,(H,8,9);7H,1,3-5H2;6H,1-4H2;5-6H,1-4H2;1,6H,2-4H2. The predicted molar refractivity (Wildman–Crippen MR) is 435 cm³/mol. The topological polar surface area (TPSA) is 627 Å². The molecular formula is C75H133BrN2O41SSi.